The van der Waals surface area contributed by atoms with Crippen molar-refractivity contribution >= 4 is 11.6 Å². The van der Waals surface area contributed by atoms with Gasteiger partial charge in [-0.25, -0.2) is 8.78 Å². The molecule has 2 rings (SSSR count). The normalized spacial score (nSPS) is 12.2. The first-order valence-corrected chi connectivity index (χ1v) is 7.91. The van der Waals surface area contributed by atoms with Crippen molar-refractivity contribution in [3.63, 3.8) is 0 Å². The van der Waals surface area contributed by atoms with E-state index in [0.717, 1.165) is 11.1 Å². The quantitative estimate of drug-likeness (QED) is 0.832. The Balaban J connectivity index is 1.98. The second-order valence-electron chi connectivity index (χ2n) is 6.19. The molecular formula is C19H22F2N2O. The van der Waals surface area contributed by atoms with E-state index in [4.69, 9.17) is 0 Å². The lowest BCUT2D eigenvalue weighted by Crippen LogP contribution is -2.33. The van der Waals surface area contributed by atoms with Crippen molar-refractivity contribution in [2.45, 2.75) is 26.8 Å². The smallest absolute Gasteiger partial charge is 0.238 e. The van der Waals surface area contributed by atoms with E-state index in [1.165, 1.54) is 18.2 Å². The van der Waals surface area contributed by atoms with Crippen LogP contribution in [0.15, 0.2) is 42.5 Å². The van der Waals surface area contributed by atoms with E-state index < -0.39 is 5.82 Å². The summed E-state index contributed by atoms with van der Waals surface area (Å²) in [6.07, 6.45) is 0. The monoisotopic (exact) mass is 332 g/mol. The van der Waals surface area contributed by atoms with Crippen LogP contribution >= 0.6 is 0 Å². The molecule has 2 N–H and O–H groups in total. The summed E-state index contributed by atoms with van der Waals surface area (Å²) < 4.78 is 26.8. The minimum absolute atomic E-state index is 0.0353. The summed E-state index contributed by atoms with van der Waals surface area (Å²) >= 11 is 0. The van der Waals surface area contributed by atoms with Crippen LogP contribution in [0, 0.1) is 24.5 Å². The second-order valence-corrected chi connectivity index (χ2v) is 6.19. The summed E-state index contributed by atoms with van der Waals surface area (Å²) in [5.41, 5.74) is 1.86. The number of amides is 1. The zero-order valence-corrected chi connectivity index (χ0v) is 14.1. The summed E-state index contributed by atoms with van der Waals surface area (Å²) in [5.74, 6) is -0.874. The zero-order chi connectivity index (χ0) is 17.7. The van der Waals surface area contributed by atoms with Crippen molar-refractivity contribution in [3.05, 3.63) is 65.2 Å². The van der Waals surface area contributed by atoms with Crippen LogP contribution in [0.4, 0.5) is 14.5 Å². The van der Waals surface area contributed by atoms with Crippen molar-refractivity contribution in [2.75, 3.05) is 11.9 Å². The molecule has 0 radical (unpaired) electrons. The van der Waals surface area contributed by atoms with Gasteiger partial charge in [-0.2, -0.15) is 0 Å². The van der Waals surface area contributed by atoms with Gasteiger partial charge < -0.3 is 10.6 Å². The summed E-state index contributed by atoms with van der Waals surface area (Å²) in [4.78, 5) is 12.1. The Morgan fingerprint density at radius 2 is 1.75 bits per heavy atom. The van der Waals surface area contributed by atoms with E-state index in [9.17, 15) is 13.6 Å². The van der Waals surface area contributed by atoms with Gasteiger partial charge in [-0.1, -0.05) is 32.0 Å². The molecule has 2 aromatic carbocycles. The molecule has 0 saturated carbocycles. The molecule has 2 aromatic rings. The van der Waals surface area contributed by atoms with Gasteiger partial charge in [0, 0.05) is 6.04 Å². The molecule has 128 valence electrons. The topological polar surface area (TPSA) is 41.1 Å². The molecule has 24 heavy (non-hydrogen) atoms. The molecule has 0 aliphatic heterocycles. The lowest BCUT2D eigenvalue weighted by molar-refractivity contribution is -0.115. The highest BCUT2D eigenvalue weighted by Gasteiger charge is 2.17. The Bertz CT molecular complexity index is 699. The summed E-state index contributed by atoms with van der Waals surface area (Å²) in [6, 6.07) is 10.7. The van der Waals surface area contributed by atoms with Crippen molar-refractivity contribution in [3.8, 4) is 0 Å². The molecule has 0 aromatic heterocycles. The Morgan fingerprint density at radius 1 is 1.08 bits per heavy atom. The first-order chi connectivity index (χ1) is 11.4. The van der Waals surface area contributed by atoms with E-state index in [-0.39, 0.29) is 35.9 Å². The number of anilines is 1. The lowest BCUT2D eigenvalue weighted by Gasteiger charge is -2.23. The molecule has 0 spiro atoms. The molecule has 0 bridgehead atoms. The second kappa shape index (κ2) is 8.02. The van der Waals surface area contributed by atoms with Crippen LogP contribution in [-0.4, -0.2) is 12.5 Å². The standard InChI is InChI=1S/C19H22F2N2O/c1-12(2)19(14-5-7-15(20)8-6-14)22-11-18(24)23-17-9-4-13(3)10-16(17)21/h4-10,12,19,22H,11H2,1-3H3,(H,23,24)/t19-/m0/s1. The highest BCUT2D eigenvalue weighted by molar-refractivity contribution is 5.92. The van der Waals surface area contributed by atoms with Gasteiger partial charge in [-0.05, 0) is 48.2 Å². The predicted octanol–water partition coefficient (Wildman–Crippen LogP) is 4.20. The largest absolute Gasteiger partial charge is 0.322 e. The number of benzene rings is 2. The maximum Gasteiger partial charge on any atom is 0.238 e. The number of hydrogen-bond donors (Lipinski definition) is 2. The highest BCUT2D eigenvalue weighted by Crippen LogP contribution is 2.22. The first kappa shape index (κ1) is 18.1. The van der Waals surface area contributed by atoms with Crippen molar-refractivity contribution in [2.24, 2.45) is 5.92 Å². The molecular weight excluding hydrogens is 310 g/mol. The van der Waals surface area contributed by atoms with Crippen LogP contribution in [0.2, 0.25) is 0 Å². The number of carbonyl (C=O) groups is 1. The van der Waals surface area contributed by atoms with Crippen LogP contribution < -0.4 is 10.6 Å². The Kier molecular flexibility index (Phi) is 6.04. The van der Waals surface area contributed by atoms with E-state index in [2.05, 4.69) is 10.6 Å². The minimum Gasteiger partial charge on any atom is -0.322 e. The molecule has 0 fully saturated rings. The van der Waals surface area contributed by atoms with E-state index in [1.54, 1.807) is 31.2 Å². The third kappa shape index (κ3) is 4.86. The number of rotatable bonds is 6. The minimum atomic E-state index is -0.456. The van der Waals surface area contributed by atoms with Crippen molar-refractivity contribution < 1.29 is 13.6 Å². The molecule has 0 aliphatic rings. The van der Waals surface area contributed by atoms with Gasteiger partial charge in [0.25, 0.3) is 0 Å². The number of nitrogens with one attached hydrogen (secondary N) is 2. The zero-order valence-electron chi connectivity index (χ0n) is 14.1. The molecule has 0 unspecified atom stereocenters. The first-order valence-electron chi connectivity index (χ1n) is 7.91. The maximum atomic E-state index is 13.8. The van der Waals surface area contributed by atoms with Crippen LogP contribution in [0.3, 0.4) is 0 Å². The molecule has 0 aliphatic carbocycles. The molecule has 0 saturated heterocycles. The van der Waals surface area contributed by atoms with Crippen LogP contribution in [0.1, 0.15) is 31.0 Å². The molecule has 5 heteroatoms. The molecule has 0 heterocycles. The average molecular weight is 332 g/mol. The van der Waals surface area contributed by atoms with Crippen LogP contribution in [0.25, 0.3) is 0 Å². The summed E-state index contributed by atoms with van der Waals surface area (Å²) in [5, 5.41) is 5.70. The SMILES string of the molecule is Cc1ccc(NC(=O)CN[C@H](c2ccc(F)cc2)C(C)C)c(F)c1. The van der Waals surface area contributed by atoms with Crippen molar-refractivity contribution in [1.82, 2.24) is 5.32 Å². The Hall–Kier alpha value is -2.27. The van der Waals surface area contributed by atoms with Gasteiger partial charge in [0.05, 0.1) is 12.2 Å². The number of aryl methyl sites for hydroxylation is 1. The van der Waals surface area contributed by atoms with Crippen LogP contribution in [-0.2, 0) is 4.79 Å². The molecule has 3 nitrogen and oxygen atoms in total. The lowest BCUT2D eigenvalue weighted by atomic mass is 9.96. The summed E-state index contributed by atoms with van der Waals surface area (Å²) in [6.45, 7) is 5.84. The fourth-order valence-corrected chi connectivity index (χ4v) is 2.53. The Morgan fingerprint density at radius 3 is 2.33 bits per heavy atom. The molecule has 1 amide bonds. The van der Waals surface area contributed by atoms with E-state index in [1.807, 2.05) is 13.8 Å². The third-order valence-corrected chi connectivity index (χ3v) is 3.78. The fraction of sp³-hybridized carbons (Fsp3) is 0.316. The average Bonchev–Trinajstić information content (AvgIpc) is 2.52. The van der Waals surface area contributed by atoms with E-state index in [0.29, 0.717) is 0 Å². The van der Waals surface area contributed by atoms with Gasteiger partial charge in [0.15, 0.2) is 0 Å². The Labute approximate surface area is 141 Å². The van der Waals surface area contributed by atoms with Crippen LogP contribution in [0.5, 0.6) is 0 Å². The van der Waals surface area contributed by atoms with Gasteiger partial charge in [-0.15, -0.1) is 0 Å². The predicted molar refractivity (Wildman–Crippen MR) is 91.7 cm³/mol. The van der Waals surface area contributed by atoms with Gasteiger partial charge in [-0.3, -0.25) is 4.79 Å². The molecule has 1 atom stereocenters. The summed E-state index contributed by atoms with van der Waals surface area (Å²) in [7, 11) is 0. The third-order valence-electron chi connectivity index (χ3n) is 3.78. The van der Waals surface area contributed by atoms with Gasteiger partial charge in [0.2, 0.25) is 5.91 Å². The van der Waals surface area contributed by atoms with Crippen molar-refractivity contribution in [1.29, 1.82) is 0 Å². The maximum absolute atomic E-state index is 13.8. The number of hydrogen-bond acceptors (Lipinski definition) is 2. The van der Waals surface area contributed by atoms with E-state index >= 15 is 0 Å². The van der Waals surface area contributed by atoms with Gasteiger partial charge in [0.1, 0.15) is 11.6 Å². The number of halogens is 2. The highest BCUT2D eigenvalue weighted by atomic mass is 19.1. The number of carbonyl (C=O) groups excluding carboxylic acids is 1. The fourth-order valence-electron chi connectivity index (χ4n) is 2.53. The van der Waals surface area contributed by atoms with Gasteiger partial charge >= 0.3 is 0 Å².